The van der Waals surface area contributed by atoms with E-state index in [1.165, 1.54) is 0 Å². The highest BCUT2D eigenvalue weighted by atomic mass is 79.9. The van der Waals surface area contributed by atoms with E-state index < -0.39 is 0 Å². The van der Waals surface area contributed by atoms with E-state index in [9.17, 15) is 0 Å². The van der Waals surface area contributed by atoms with Crippen molar-refractivity contribution < 1.29 is 4.74 Å². The molecule has 0 fully saturated rings. The van der Waals surface area contributed by atoms with Crippen LogP contribution < -0.4 is 4.74 Å². The summed E-state index contributed by atoms with van der Waals surface area (Å²) in [6, 6.07) is 9.46. The summed E-state index contributed by atoms with van der Waals surface area (Å²) in [5.74, 6) is 0.597. The second-order valence-corrected chi connectivity index (χ2v) is 6.75. The number of benzene rings is 2. The van der Waals surface area contributed by atoms with Gasteiger partial charge in [-0.05, 0) is 42.7 Å². The van der Waals surface area contributed by atoms with Crippen molar-refractivity contribution in [1.82, 2.24) is 0 Å². The van der Waals surface area contributed by atoms with Gasteiger partial charge in [-0.1, -0.05) is 62.9 Å². The zero-order valence-corrected chi connectivity index (χ0v) is 15.4. The number of hydrogen-bond donors (Lipinski definition) is 0. The second kappa shape index (κ2) is 7.23. The van der Waals surface area contributed by atoms with Crippen molar-refractivity contribution in [1.29, 1.82) is 0 Å². The minimum Gasteiger partial charge on any atom is -0.492 e. The molecule has 1 atom stereocenters. The molecular formula is C16H14BrCl3O. The summed E-state index contributed by atoms with van der Waals surface area (Å²) in [5.41, 5.74) is 2.98. The van der Waals surface area contributed by atoms with Crippen LogP contribution in [0.5, 0.6) is 5.75 Å². The van der Waals surface area contributed by atoms with Gasteiger partial charge in [0.05, 0.1) is 16.5 Å². The van der Waals surface area contributed by atoms with Gasteiger partial charge in [-0.3, -0.25) is 0 Å². The monoisotopic (exact) mass is 406 g/mol. The molecule has 0 bridgehead atoms. The Hall–Kier alpha value is -0.410. The van der Waals surface area contributed by atoms with Gasteiger partial charge < -0.3 is 4.74 Å². The molecule has 0 amide bonds. The lowest BCUT2D eigenvalue weighted by Crippen LogP contribution is -1.98. The van der Waals surface area contributed by atoms with Gasteiger partial charge in [0.2, 0.25) is 0 Å². The van der Waals surface area contributed by atoms with Crippen molar-refractivity contribution in [2.24, 2.45) is 0 Å². The van der Waals surface area contributed by atoms with Crippen LogP contribution in [0.4, 0.5) is 0 Å². The zero-order chi connectivity index (χ0) is 15.6. The van der Waals surface area contributed by atoms with Crippen molar-refractivity contribution in [2.45, 2.75) is 18.7 Å². The molecular weight excluding hydrogens is 394 g/mol. The molecule has 21 heavy (non-hydrogen) atoms. The summed E-state index contributed by atoms with van der Waals surface area (Å²) in [5, 5.41) is 1.90. The summed E-state index contributed by atoms with van der Waals surface area (Å²) < 4.78 is 5.44. The van der Waals surface area contributed by atoms with E-state index in [2.05, 4.69) is 15.9 Å². The summed E-state index contributed by atoms with van der Waals surface area (Å²) in [6.45, 7) is 4.42. The van der Waals surface area contributed by atoms with Crippen LogP contribution in [0.15, 0.2) is 30.3 Å². The molecule has 112 valence electrons. The average Bonchev–Trinajstić information content (AvgIpc) is 2.45. The van der Waals surface area contributed by atoms with Gasteiger partial charge >= 0.3 is 0 Å². The first-order chi connectivity index (χ1) is 9.93. The van der Waals surface area contributed by atoms with Crippen LogP contribution in [0.1, 0.15) is 28.4 Å². The third-order valence-electron chi connectivity index (χ3n) is 3.10. The van der Waals surface area contributed by atoms with Gasteiger partial charge in [0.25, 0.3) is 0 Å². The number of hydrogen-bond acceptors (Lipinski definition) is 1. The molecule has 0 saturated carbocycles. The summed E-state index contributed by atoms with van der Waals surface area (Å²) >= 11 is 22.3. The van der Waals surface area contributed by atoms with E-state index in [1.807, 2.05) is 38.1 Å². The fourth-order valence-electron chi connectivity index (χ4n) is 2.01. The normalized spacial score (nSPS) is 12.3. The smallest absolute Gasteiger partial charge is 0.139 e. The molecule has 0 aromatic heterocycles. The minimum absolute atomic E-state index is 0.0610. The van der Waals surface area contributed by atoms with Crippen molar-refractivity contribution in [2.75, 3.05) is 6.61 Å². The van der Waals surface area contributed by atoms with Gasteiger partial charge in [-0.25, -0.2) is 0 Å². The lowest BCUT2D eigenvalue weighted by Gasteiger charge is -2.16. The van der Waals surface area contributed by atoms with E-state index in [4.69, 9.17) is 39.5 Å². The Kier molecular flexibility index (Phi) is 5.84. The Morgan fingerprint density at radius 1 is 1.05 bits per heavy atom. The lowest BCUT2D eigenvalue weighted by molar-refractivity contribution is 0.340. The Labute approximate surface area is 148 Å². The van der Waals surface area contributed by atoms with Gasteiger partial charge in [0.15, 0.2) is 0 Å². The van der Waals surface area contributed by atoms with Crippen molar-refractivity contribution in [3.05, 3.63) is 62.1 Å². The molecule has 0 aliphatic rings. The van der Waals surface area contributed by atoms with E-state index in [0.29, 0.717) is 22.4 Å². The lowest BCUT2D eigenvalue weighted by atomic mass is 10.0. The Morgan fingerprint density at radius 2 is 1.76 bits per heavy atom. The van der Waals surface area contributed by atoms with Crippen LogP contribution in [-0.2, 0) is 0 Å². The van der Waals surface area contributed by atoms with E-state index >= 15 is 0 Å². The fourth-order valence-corrected chi connectivity index (χ4v) is 3.41. The molecule has 5 heteroatoms. The molecule has 0 aliphatic heterocycles. The van der Waals surface area contributed by atoms with Crippen molar-refractivity contribution >= 4 is 50.7 Å². The Bertz CT molecular complexity index is 658. The highest BCUT2D eigenvalue weighted by Crippen LogP contribution is 2.40. The molecule has 2 rings (SSSR count). The molecule has 0 saturated heterocycles. The van der Waals surface area contributed by atoms with Crippen LogP contribution >= 0.6 is 50.7 Å². The minimum atomic E-state index is -0.0610. The predicted octanol–water partition coefficient (Wildman–Crippen LogP) is 6.84. The van der Waals surface area contributed by atoms with Crippen LogP contribution in [0, 0.1) is 6.92 Å². The first-order valence-corrected chi connectivity index (χ1v) is 8.50. The SMILES string of the molecule is CCOc1cc(Cl)c(C(Br)c2ccc(Cl)c(C)c2)cc1Cl. The van der Waals surface area contributed by atoms with Crippen LogP contribution in [0.25, 0.3) is 0 Å². The fraction of sp³-hybridized carbons (Fsp3) is 0.250. The number of alkyl halides is 1. The maximum absolute atomic E-state index is 6.36. The Morgan fingerprint density at radius 3 is 2.38 bits per heavy atom. The molecule has 0 heterocycles. The number of halogens is 4. The quantitative estimate of drug-likeness (QED) is 0.503. The van der Waals surface area contributed by atoms with Gasteiger partial charge in [0.1, 0.15) is 5.75 Å². The molecule has 0 aliphatic carbocycles. The predicted molar refractivity (Wildman–Crippen MR) is 94.6 cm³/mol. The summed E-state index contributed by atoms with van der Waals surface area (Å²) in [7, 11) is 0. The molecule has 0 N–H and O–H groups in total. The van der Waals surface area contributed by atoms with Crippen LogP contribution in [-0.4, -0.2) is 6.61 Å². The maximum atomic E-state index is 6.36. The second-order valence-electron chi connectivity index (χ2n) is 4.61. The van der Waals surface area contributed by atoms with Crippen molar-refractivity contribution in [3.63, 3.8) is 0 Å². The van der Waals surface area contributed by atoms with Gasteiger partial charge in [-0.2, -0.15) is 0 Å². The first kappa shape index (κ1) is 17.0. The van der Waals surface area contributed by atoms with Crippen LogP contribution in [0.3, 0.4) is 0 Å². The van der Waals surface area contributed by atoms with E-state index in [0.717, 1.165) is 21.7 Å². The van der Waals surface area contributed by atoms with E-state index in [1.54, 1.807) is 6.07 Å². The topological polar surface area (TPSA) is 9.23 Å². The zero-order valence-electron chi connectivity index (χ0n) is 11.6. The van der Waals surface area contributed by atoms with E-state index in [-0.39, 0.29) is 4.83 Å². The number of ether oxygens (including phenoxy) is 1. The highest BCUT2D eigenvalue weighted by molar-refractivity contribution is 9.09. The Balaban J connectivity index is 2.40. The third-order valence-corrected chi connectivity index (χ3v) is 5.17. The molecule has 2 aromatic rings. The molecule has 1 unspecified atom stereocenters. The van der Waals surface area contributed by atoms with Crippen LogP contribution in [0.2, 0.25) is 15.1 Å². The molecule has 1 nitrogen and oxygen atoms in total. The van der Waals surface area contributed by atoms with Gasteiger partial charge in [0, 0.05) is 16.1 Å². The summed E-state index contributed by atoms with van der Waals surface area (Å²) in [6.07, 6.45) is 0. The first-order valence-electron chi connectivity index (χ1n) is 6.46. The standard InChI is InChI=1S/C16H14BrCl3O/c1-3-21-15-8-13(19)11(7-14(15)20)16(17)10-4-5-12(18)9(2)6-10/h4-8,16H,3H2,1-2H3. The average molecular weight is 409 g/mol. The maximum Gasteiger partial charge on any atom is 0.139 e. The molecule has 0 radical (unpaired) electrons. The van der Waals surface area contributed by atoms with Gasteiger partial charge in [-0.15, -0.1) is 0 Å². The van der Waals surface area contributed by atoms with Crippen molar-refractivity contribution in [3.8, 4) is 5.75 Å². The largest absolute Gasteiger partial charge is 0.492 e. The summed E-state index contributed by atoms with van der Waals surface area (Å²) in [4.78, 5) is -0.0610. The molecule has 2 aromatic carbocycles. The highest BCUT2D eigenvalue weighted by Gasteiger charge is 2.17. The number of aryl methyl sites for hydroxylation is 1. The third kappa shape index (κ3) is 3.87. The molecule has 0 spiro atoms. The number of rotatable bonds is 4.